The number of carbonyl (C=O) groups is 3. The molecule has 4 rings (SSSR count). The molecule has 0 saturated heterocycles. The highest BCUT2D eigenvalue weighted by Gasteiger charge is 2.25. The van der Waals surface area contributed by atoms with Crippen molar-refractivity contribution in [3.8, 4) is 0 Å². The largest absolute Gasteiger partial charge is 0.481 e. The van der Waals surface area contributed by atoms with Crippen molar-refractivity contribution in [3.05, 3.63) is 87.7 Å². The number of nitrogens with zero attached hydrogens (tertiary/aromatic N) is 4. The molecule has 12 heteroatoms. The summed E-state index contributed by atoms with van der Waals surface area (Å²) >= 11 is 12.3. The number of tetrazole rings is 1. The van der Waals surface area contributed by atoms with Gasteiger partial charge in [0.05, 0.1) is 6.42 Å². The first-order valence-electron chi connectivity index (χ1n) is 11.1. The van der Waals surface area contributed by atoms with Gasteiger partial charge in [-0.15, -0.1) is 10.2 Å². The maximum absolute atomic E-state index is 12.8. The van der Waals surface area contributed by atoms with Crippen molar-refractivity contribution in [2.45, 2.75) is 32.0 Å². The Morgan fingerprint density at radius 3 is 2.46 bits per heavy atom. The van der Waals surface area contributed by atoms with Gasteiger partial charge in [0.1, 0.15) is 19.2 Å². The highest BCUT2D eigenvalue weighted by molar-refractivity contribution is 6.36. The summed E-state index contributed by atoms with van der Waals surface area (Å²) in [6.45, 7) is -0.463. The summed E-state index contributed by atoms with van der Waals surface area (Å²) in [5, 5.41) is 26.3. The van der Waals surface area contributed by atoms with E-state index in [-0.39, 0.29) is 18.9 Å². The van der Waals surface area contributed by atoms with Gasteiger partial charge in [0.15, 0.2) is 11.6 Å². The Bertz CT molecular complexity index is 1440. The lowest BCUT2D eigenvalue weighted by Gasteiger charge is -2.15. The monoisotopic (exact) mass is 541 g/mol. The minimum Gasteiger partial charge on any atom is -0.481 e. The maximum Gasteiger partial charge on any atom is 0.408 e. The van der Waals surface area contributed by atoms with Gasteiger partial charge in [-0.05, 0) is 45.3 Å². The number of carboxylic acids is 1. The first-order chi connectivity index (χ1) is 17.8. The van der Waals surface area contributed by atoms with Gasteiger partial charge in [-0.25, -0.2) is 4.79 Å². The number of halogens is 2. The Balaban J connectivity index is 1.36. The Labute approximate surface area is 221 Å². The number of rotatable bonds is 10. The number of ketones is 1. The van der Waals surface area contributed by atoms with E-state index >= 15 is 0 Å². The van der Waals surface area contributed by atoms with Crippen molar-refractivity contribution < 1.29 is 24.2 Å². The number of fused-ring (bicyclic) bond motifs is 1. The molecule has 1 atom stereocenters. The van der Waals surface area contributed by atoms with Crippen LogP contribution in [0.3, 0.4) is 0 Å². The SMILES string of the molecule is O=C(O)CC(NC(=O)OCc1ccc2ccccc2c1)C(=O)Cn1nnc(Cc2c(Cl)cccc2Cl)n1. The van der Waals surface area contributed by atoms with Crippen LogP contribution < -0.4 is 5.32 Å². The normalized spacial score (nSPS) is 11.7. The van der Waals surface area contributed by atoms with Gasteiger partial charge in [-0.1, -0.05) is 65.7 Å². The summed E-state index contributed by atoms with van der Waals surface area (Å²) in [6.07, 6.45) is -1.38. The van der Waals surface area contributed by atoms with Crippen molar-refractivity contribution in [2.24, 2.45) is 0 Å². The number of aromatic nitrogens is 4. The van der Waals surface area contributed by atoms with E-state index in [1.807, 2.05) is 42.5 Å². The zero-order valence-corrected chi connectivity index (χ0v) is 20.8. The van der Waals surface area contributed by atoms with E-state index in [2.05, 4.69) is 20.7 Å². The number of hydrogen-bond donors (Lipinski definition) is 2. The lowest BCUT2D eigenvalue weighted by Crippen LogP contribution is -2.44. The summed E-state index contributed by atoms with van der Waals surface area (Å²) in [5.41, 5.74) is 1.35. The molecular weight excluding hydrogens is 521 g/mol. The maximum atomic E-state index is 12.8. The first-order valence-corrected chi connectivity index (χ1v) is 11.9. The molecule has 0 fully saturated rings. The molecule has 1 amide bonds. The van der Waals surface area contributed by atoms with Crippen molar-refractivity contribution in [2.75, 3.05) is 0 Å². The van der Waals surface area contributed by atoms with Crippen LogP contribution in [0, 0.1) is 0 Å². The molecule has 1 unspecified atom stereocenters. The van der Waals surface area contributed by atoms with Crippen LogP contribution in [0.4, 0.5) is 4.79 Å². The standard InChI is InChI=1S/C25H21Cl2N5O5/c26-19-6-3-7-20(27)18(19)11-23-29-31-32(30-23)13-22(33)21(12-24(34)35)28-25(36)37-14-15-8-9-16-4-1-2-5-17(16)10-15/h1-10,21H,11-14H2,(H,28,36)(H,34,35). The van der Waals surface area contributed by atoms with E-state index in [4.69, 9.17) is 27.9 Å². The number of carbonyl (C=O) groups excluding carboxylic acids is 2. The lowest BCUT2D eigenvalue weighted by atomic mass is 10.1. The highest BCUT2D eigenvalue weighted by atomic mass is 35.5. The number of ether oxygens (including phenoxy) is 1. The van der Waals surface area contributed by atoms with E-state index in [1.54, 1.807) is 18.2 Å². The van der Waals surface area contributed by atoms with Gasteiger partial charge in [0.2, 0.25) is 0 Å². The second kappa shape index (κ2) is 11.8. The Morgan fingerprint density at radius 1 is 1.00 bits per heavy atom. The third-order valence-corrected chi connectivity index (χ3v) is 6.14. The van der Waals surface area contributed by atoms with Crippen LogP contribution in [0.25, 0.3) is 10.8 Å². The molecule has 0 aliphatic rings. The average molecular weight is 542 g/mol. The molecule has 190 valence electrons. The average Bonchev–Trinajstić information content (AvgIpc) is 3.31. The van der Waals surface area contributed by atoms with Gasteiger partial charge in [-0.3, -0.25) is 9.59 Å². The molecule has 4 aromatic rings. The van der Waals surface area contributed by atoms with Crippen molar-refractivity contribution in [1.29, 1.82) is 0 Å². The molecular formula is C25H21Cl2N5O5. The second-order valence-corrected chi connectivity index (χ2v) is 8.95. The Hall–Kier alpha value is -4.02. The smallest absolute Gasteiger partial charge is 0.408 e. The van der Waals surface area contributed by atoms with Gasteiger partial charge in [-0.2, -0.15) is 4.80 Å². The Kier molecular flexibility index (Phi) is 8.32. The van der Waals surface area contributed by atoms with E-state index < -0.39 is 36.9 Å². The number of alkyl carbamates (subject to hydrolysis) is 1. The molecule has 3 aromatic carbocycles. The van der Waals surface area contributed by atoms with Crippen LogP contribution in [0.1, 0.15) is 23.4 Å². The molecule has 2 N–H and O–H groups in total. The zero-order valence-electron chi connectivity index (χ0n) is 19.3. The van der Waals surface area contributed by atoms with Crippen LogP contribution in [-0.2, 0) is 33.9 Å². The highest BCUT2D eigenvalue weighted by Crippen LogP contribution is 2.25. The molecule has 0 aliphatic heterocycles. The lowest BCUT2D eigenvalue weighted by molar-refractivity contribution is -0.139. The number of benzene rings is 3. The van der Waals surface area contributed by atoms with Gasteiger partial charge >= 0.3 is 12.1 Å². The number of nitrogens with one attached hydrogen (secondary N) is 1. The topological polar surface area (TPSA) is 136 Å². The third-order valence-electron chi connectivity index (χ3n) is 5.43. The number of Topliss-reactive ketones (excluding diaryl/α,β-unsaturated/α-hetero) is 1. The molecule has 0 aliphatic carbocycles. The van der Waals surface area contributed by atoms with E-state index in [0.29, 0.717) is 15.6 Å². The summed E-state index contributed by atoms with van der Waals surface area (Å²) in [7, 11) is 0. The molecule has 0 bridgehead atoms. The summed E-state index contributed by atoms with van der Waals surface area (Å²) in [4.78, 5) is 37.4. The van der Waals surface area contributed by atoms with E-state index in [1.165, 1.54) is 0 Å². The minimum absolute atomic E-state index is 0.0523. The van der Waals surface area contributed by atoms with Crippen molar-refractivity contribution in [1.82, 2.24) is 25.5 Å². The fourth-order valence-electron chi connectivity index (χ4n) is 3.60. The fraction of sp³-hybridized carbons (Fsp3) is 0.200. The number of aliphatic carboxylic acids is 1. The van der Waals surface area contributed by atoms with Crippen molar-refractivity contribution in [3.63, 3.8) is 0 Å². The third kappa shape index (κ3) is 7.02. The molecule has 37 heavy (non-hydrogen) atoms. The molecule has 0 spiro atoms. The summed E-state index contributed by atoms with van der Waals surface area (Å²) < 4.78 is 5.21. The molecule has 0 radical (unpaired) electrons. The first kappa shape index (κ1) is 26.1. The zero-order chi connectivity index (χ0) is 26.4. The van der Waals surface area contributed by atoms with E-state index in [9.17, 15) is 19.5 Å². The molecule has 1 heterocycles. The predicted octanol–water partition coefficient (Wildman–Crippen LogP) is 4.06. The van der Waals surface area contributed by atoms with Gasteiger partial charge in [0, 0.05) is 16.5 Å². The van der Waals surface area contributed by atoms with Gasteiger partial charge < -0.3 is 15.2 Å². The summed E-state index contributed by atoms with van der Waals surface area (Å²) in [6, 6.07) is 17.0. The van der Waals surface area contributed by atoms with Gasteiger partial charge in [0.25, 0.3) is 0 Å². The quantitative estimate of drug-likeness (QED) is 0.306. The van der Waals surface area contributed by atoms with Crippen molar-refractivity contribution >= 4 is 51.8 Å². The van der Waals surface area contributed by atoms with Crippen LogP contribution in [0.15, 0.2) is 60.7 Å². The molecule has 10 nitrogen and oxygen atoms in total. The van der Waals surface area contributed by atoms with Crippen LogP contribution >= 0.6 is 23.2 Å². The van der Waals surface area contributed by atoms with E-state index in [0.717, 1.165) is 21.1 Å². The van der Waals surface area contributed by atoms with Crippen LogP contribution in [-0.4, -0.2) is 49.2 Å². The molecule has 0 saturated carbocycles. The second-order valence-electron chi connectivity index (χ2n) is 8.13. The number of carboxylic acid groups (broad SMARTS) is 1. The summed E-state index contributed by atoms with van der Waals surface area (Å²) in [5.74, 6) is -1.64. The Morgan fingerprint density at radius 2 is 1.73 bits per heavy atom. The number of hydrogen-bond acceptors (Lipinski definition) is 7. The fourth-order valence-corrected chi connectivity index (χ4v) is 4.14. The minimum atomic E-state index is -1.35. The number of amides is 1. The van der Waals surface area contributed by atoms with Crippen LogP contribution in [0.5, 0.6) is 0 Å². The molecule has 1 aromatic heterocycles. The predicted molar refractivity (Wildman–Crippen MR) is 135 cm³/mol. The van der Waals surface area contributed by atoms with Crippen LogP contribution in [0.2, 0.25) is 10.0 Å².